The zero-order chi connectivity index (χ0) is 11.0. The third-order valence-corrected chi connectivity index (χ3v) is 2.90. The lowest BCUT2D eigenvalue weighted by atomic mass is 9.81. The van der Waals surface area contributed by atoms with Crippen molar-refractivity contribution in [3.05, 3.63) is 12.2 Å². The third-order valence-electron chi connectivity index (χ3n) is 2.90. The van der Waals surface area contributed by atoms with Crippen LogP contribution in [0.3, 0.4) is 0 Å². The van der Waals surface area contributed by atoms with Crippen LogP contribution in [0.4, 0.5) is 0 Å². The summed E-state index contributed by atoms with van der Waals surface area (Å²) >= 11 is 0. The molecule has 1 atom stereocenters. The molecule has 0 spiro atoms. The van der Waals surface area contributed by atoms with Crippen LogP contribution in [0, 0.1) is 11.3 Å². The van der Waals surface area contributed by atoms with Gasteiger partial charge in [0.05, 0.1) is 0 Å². The smallest absolute Gasteiger partial charge is 0.0262 e. The molecule has 0 aromatic carbocycles. The Morgan fingerprint density at radius 3 is 2.29 bits per heavy atom. The maximum absolute atomic E-state index is 2.40. The Morgan fingerprint density at radius 1 is 1.14 bits per heavy atom. The van der Waals surface area contributed by atoms with Gasteiger partial charge >= 0.3 is 0 Å². The van der Waals surface area contributed by atoms with Crippen molar-refractivity contribution < 1.29 is 0 Å². The molecule has 0 amide bonds. The van der Waals surface area contributed by atoms with Gasteiger partial charge in [0.2, 0.25) is 0 Å². The van der Waals surface area contributed by atoms with Gasteiger partial charge in [0.25, 0.3) is 0 Å². The Hall–Kier alpha value is -0.260. The van der Waals surface area contributed by atoms with Crippen molar-refractivity contribution in [1.29, 1.82) is 0 Å². The molecule has 0 radical (unpaired) electrons. The van der Waals surface area contributed by atoms with Crippen molar-refractivity contribution in [2.45, 2.75) is 66.7 Å². The maximum Gasteiger partial charge on any atom is -0.0262 e. The minimum Gasteiger partial charge on any atom is -0.0885 e. The highest BCUT2D eigenvalue weighted by Crippen LogP contribution is 2.30. The van der Waals surface area contributed by atoms with E-state index in [0.29, 0.717) is 5.41 Å². The van der Waals surface area contributed by atoms with Crippen molar-refractivity contribution in [2.24, 2.45) is 11.3 Å². The van der Waals surface area contributed by atoms with Crippen LogP contribution in [0.5, 0.6) is 0 Å². The molecule has 1 unspecified atom stereocenters. The van der Waals surface area contributed by atoms with Crippen LogP contribution in [0.1, 0.15) is 66.7 Å². The SMILES string of the molecule is CCC=CC(C)CCC(C)(C)CCC. The summed E-state index contributed by atoms with van der Waals surface area (Å²) in [6, 6.07) is 0. The van der Waals surface area contributed by atoms with Gasteiger partial charge in [-0.1, -0.05) is 53.2 Å². The largest absolute Gasteiger partial charge is 0.0885 e. The Kier molecular flexibility index (Phi) is 6.96. The molecular weight excluding hydrogens is 168 g/mol. The maximum atomic E-state index is 2.40. The van der Waals surface area contributed by atoms with E-state index in [1.807, 2.05) is 0 Å². The summed E-state index contributed by atoms with van der Waals surface area (Å²) in [4.78, 5) is 0. The fourth-order valence-electron chi connectivity index (χ4n) is 1.88. The van der Waals surface area contributed by atoms with Gasteiger partial charge in [0, 0.05) is 0 Å². The molecular formula is C14H28. The third kappa shape index (κ3) is 7.17. The molecule has 0 nitrogen and oxygen atoms in total. The second kappa shape index (κ2) is 7.09. The summed E-state index contributed by atoms with van der Waals surface area (Å²) in [7, 11) is 0. The average molecular weight is 196 g/mol. The van der Waals surface area contributed by atoms with Gasteiger partial charge in [0.1, 0.15) is 0 Å². The lowest BCUT2D eigenvalue weighted by Crippen LogP contribution is -2.11. The summed E-state index contributed by atoms with van der Waals surface area (Å²) in [5.41, 5.74) is 0.545. The van der Waals surface area contributed by atoms with Crippen molar-refractivity contribution >= 4 is 0 Å². The molecule has 0 aromatic rings. The molecule has 0 aromatic heterocycles. The van der Waals surface area contributed by atoms with E-state index in [9.17, 15) is 0 Å². The summed E-state index contributed by atoms with van der Waals surface area (Å²) < 4.78 is 0. The van der Waals surface area contributed by atoms with Crippen LogP contribution in [0.15, 0.2) is 12.2 Å². The first-order valence-electron chi connectivity index (χ1n) is 6.18. The van der Waals surface area contributed by atoms with Crippen LogP contribution < -0.4 is 0 Å². The normalized spacial score (nSPS) is 14.9. The first-order valence-corrected chi connectivity index (χ1v) is 6.18. The molecule has 84 valence electrons. The lowest BCUT2D eigenvalue weighted by Gasteiger charge is -2.24. The predicted octanol–water partition coefficient (Wildman–Crippen LogP) is 5.20. The molecule has 0 aliphatic heterocycles. The van der Waals surface area contributed by atoms with E-state index in [1.165, 1.54) is 32.1 Å². The molecule has 0 N–H and O–H groups in total. The molecule has 0 heterocycles. The fourth-order valence-corrected chi connectivity index (χ4v) is 1.88. The van der Waals surface area contributed by atoms with E-state index >= 15 is 0 Å². The van der Waals surface area contributed by atoms with Crippen molar-refractivity contribution in [1.82, 2.24) is 0 Å². The Balaban J connectivity index is 3.74. The van der Waals surface area contributed by atoms with Crippen molar-refractivity contribution in [2.75, 3.05) is 0 Å². The molecule has 0 bridgehead atoms. The minimum atomic E-state index is 0.545. The second-order valence-electron chi connectivity index (χ2n) is 5.27. The van der Waals surface area contributed by atoms with Crippen LogP contribution in [-0.4, -0.2) is 0 Å². The molecule has 0 rings (SSSR count). The number of hydrogen-bond acceptors (Lipinski definition) is 0. The van der Waals surface area contributed by atoms with Crippen LogP contribution in [-0.2, 0) is 0 Å². The van der Waals surface area contributed by atoms with Gasteiger partial charge < -0.3 is 0 Å². The Morgan fingerprint density at radius 2 is 1.79 bits per heavy atom. The highest BCUT2D eigenvalue weighted by atomic mass is 14.2. The molecule has 0 saturated carbocycles. The summed E-state index contributed by atoms with van der Waals surface area (Å²) in [5, 5.41) is 0. The minimum absolute atomic E-state index is 0.545. The second-order valence-corrected chi connectivity index (χ2v) is 5.27. The first kappa shape index (κ1) is 13.7. The van der Waals surface area contributed by atoms with Crippen LogP contribution in [0.2, 0.25) is 0 Å². The van der Waals surface area contributed by atoms with E-state index in [-0.39, 0.29) is 0 Å². The van der Waals surface area contributed by atoms with Crippen molar-refractivity contribution in [3.63, 3.8) is 0 Å². The van der Waals surface area contributed by atoms with E-state index < -0.39 is 0 Å². The Bertz CT molecular complexity index is 153. The van der Waals surface area contributed by atoms with E-state index in [0.717, 1.165) is 5.92 Å². The Labute approximate surface area is 90.8 Å². The van der Waals surface area contributed by atoms with E-state index in [1.54, 1.807) is 0 Å². The number of allylic oxidation sites excluding steroid dienone is 2. The van der Waals surface area contributed by atoms with Crippen LogP contribution >= 0.6 is 0 Å². The molecule has 0 fully saturated rings. The molecule has 14 heavy (non-hydrogen) atoms. The van der Waals surface area contributed by atoms with E-state index in [4.69, 9.17) is 0 Å². The highest BCUT2D eigenvalue weighted by molar-refractivity contribution is 4.86. The first-order chi connectivity index (χ1) is 6.52. The van der Waals surface area contributed by atoms with E-state index in [2.05, 4.69) is 46.8 Å². The molecule has 0 aliphatic carbocycles. The monoisotopic (exact) mass is 196 g/mol. The summed E-state index contributed by atoms with van der Waals surface area (Å²) in [5.74, 6) is 0.756. The topological polar surface area (TPSA) is 0 Å². The molecule has 0 aliphatic rings. The lowest BCUT2D eigenvalue weighted by molar-refractivity contribution is 0.284. The zero-order valence-electron chi connectivity index (χ0n) is 10.8. The van der Waals surface area contributed by atoms with Gasteiger partial charge in [-0.2, -0.15) is 0 Å². The molecule has 0 heteroatoms. The average Bonchev–Trinajstić information content (AvgIpc) is 2.11. The number of rotatable bonds is 7. The fraction of sp³-hybridized carbons (Fsp3) is 0.857. The zero-order valence-corrected chi connectivity index (χ0v) is 10.8. The number of hydrogen-bond donors (Lipinski definition) is 0. The summed E-state index contributed by atoms with van der Waals surface area (Å²) in [6.07, 6.45) is 11.2. The van der Waals surface area contributed by atoms with Crippen molar-refractivity contribution in [3.8, 4) is 0 Å². The standard InChI is InChI=1S/C14H28/c1-6-8-9-13(3)10-12-14(4,5)11-7-2/h8-9,13H,6-7,10-12H2,1-5H3. The quantitative estimate of drug-likeness (QED) is 0.491. The van der Waals surface area contributed by atoms with Gasteiger partial charge in [-0.15, -0.1) is 0 Å². The van der Waals surface area contributed by atoms with Gasteiger partial charge in [0.15, 0.2) is 0 Å². The van der Waals surface area contributed by atoms with Gasteiger partial charge in [-0.05, 0) is 37.0 Å². The highest BCUT2D eigenvalue weighted by Gasteiger charge is 2.16. The molecule has 0 saturated heterocycles. The summed E-state index contributed by atoms with van der Waals surface area (Å²) in [6.45, 7) is 11.6. The van der Waals surface area contributed by atoms with Gasteiger partial charge in [-0.25, -0.2) is 0 Å². The van der Waals surface area contributed by atoms with Crippen LogP contribution in [0.25, 0.3) is 0 Å². The van der Waals surface area contributed by atoms with Gasteiger partial charge in [-0.3, -0.25) is 0 Å². The predicted molar refractivity (Wildman–Crippen MR) is 66.5 cm³/mol.